The van der Waals surface area contributed by atoms with Crippen LogP contribution in [0.25, 0.3) is 0 Å². The Morgan fingerprint density at radius 3 is 2.69 bits per heavy atom. The Bertz CT molecular complexity index is 361. The van der Waals surface area contributed by atoms with Gasteiger partial charge in [-0.25, -0.2) is 4.39 Å². The van der Waals surface area contributed by atoms with Gasteiger partial charge in [0, 0.05) is 17.7 Å². The van der Waals surface area contributed by atoms with E-state index in [0.717, 1.165) is 5.56 Å². The predicted molar refractivity (Wildman–Crippen MR) is 61.8 cm³/mol. The average Bonchev–Trinajstić information content (AvgIpc) is 2.81. The van der Waals surface area contributed by atoms with Crippen molar-refractivity contribution >= 4 is 0 Å². The Kier molecular flexibility index (Phi) is 3.44. The van der Waals surface area contributed by atoms with Gasteiger partial charge < -0.3 is 10.5 Å². The fourth-order valence-corrected chi connectivity index (χ4v) is 2.53. The molecule has 1 aromatic carbocycles. The van der Waals surface area contributed by atoms with E-state index in [0.29, 0.717) is 11.7 Å². The van der Waals surface area contributed by atoms with Crippen LogP contribution >= 0.6 is 0 Å². The molecule has 2 N–H and O–H groups in total. The Hall–Kier alpha value is -1.09. The first kappa shape index (κ1) is 11.4. The number of methoxy groups -OCH3 is 1. The van der Waals surface area contributed by atoms with Crippen LogP contribution in [0.5, 0.6) is 5.75 Å². The molecule has 3 heteroatoms. The highest BCUT2D eigenvalue weighted by atomic mass is 19.1. The topological polar surface area (TPSA) is 35.2 Å². The molecule has 0 radical (unpaired) electrons. The third-order valence-electron chi connectivity index (χ3n) is 3.46. The number of rotatable bonds is 3. The van der Waals surface area contributed by atoms with Gasteiger partial charge in [-0.2, -0.15) is 0 Å². The van der Waals surface area contributed by atoms with Crippen molar-refractivity contribution < 1.29 is 9.13 Å². The van der Waals surface area contributed by atoms with E-state index in [4.69, 9.17) is 10.5 Å². The molecule has 2 rings (SSSR count). The van der Waals surface area contributed by atoms with E-state index in [-0.39, 0.29) is 11.9 Å². The molecule has 1 atom stereocenters. The van der Waals surface area contributed by atoms with Crippen LogP contribution in [0.2, 0.25) is 0 Å². The van der Waals surface area contributed by atoms with E-state index in [1.807, 2.05) is 0 Å². The second kappa shape index (κ2) is 4.83. The number of halogens is 1. The van der Waals surface area contributed by atoms with Crippen molar-refractivity contribution in [2.45, 2.75) is 31.7 Å². The zero-order valence-corrected chi connectivity index (χ0v) is 9.58. The van der Waals surface area contributed by atoms with E-state index in [2.05, 4.69) is 0 Å². The fourth-order valence-electron chi connectivity index (χ4n) is 2.53. The summed E-state index contributed by atoms with van der Waals surface area (Å²) in [5.74, 6) is 0.804. The van der Waals surface area contributed by atoms with Gasteiger partial charge >= 0.3 is 0 Å². The molecular formula is C13H18FNO. The minimum Gasteiger partial charge on any atom is -0.496 e. The summed E-state index contributed by atoms with van der Waals surface area (Å²) in [5, 5.41) is 0. The maximum absolute atomic E-state index is 13.1. The van der Waals surface area contributed by atoms with Gasteiger partial charge in [0.2, 0.25) is 0 Å². The maximum atomic E-state index is 13.1. The fraction of sp³-hybridized carbons (Fsp3) is 0.538. The number of ether oxygens (including phenoxy) is 1. The number of hydrogen-bond acceptors (Lipinski definition) is 2. The quantitative estimate of drug-likeness (QED) is 0.854. The van der Waals surface area contributed by atoms with Gasteiger partial charge in [-0.1, -0.05) is 18.9 Å². The minimum absolute atomic E-state index is 0.0296. The molecule has 2 nitrogen and oxygen atoms in total. The summed E-state index contributed by atoms with van der Waals surface area (Å²) in [6.07, 6.45) is 4.84. The second-order valence-corrected chi connectivity index (χ2v) is 4.46. The lowest BCUT2D eigenvalue weighted by Crippen LogP contribution is -2.19. The molecule has 1 fully saturated rings. The van der Waals surface area contributed by atoms with Crippen molar-refractivity contribution in [2.24, 2.45) is 11.7 Å². The van der Waals surface area contributed by atoms with Crippen LogP contribution in [0.1, 0.15) is 37.3 Å². The first-order chi connectivity index (χ1) is 7.72. The van der Waals surface area contributed by atoms with Crippen LogP contribution in [0.3, 0.4) is 0 Å². The third kappa shape index (κ3) is 2.19. The molecule has 1 aromatic rings. The molecule has 88 valence electrons. The Morgan fingerprint density at radius 2 is 2.06 bits per heavy atom. The van der Waals surface area contributed by atoms with Crippen molar-refractivity contribution in [3.8, 4) is 5.75 Å². The van der Waals surface area contributed by atoms with Gasteiger partial charge in [-0.05, 0) is 24.8 Å². The highest BCUT2D eigenvalue weighted by molar-refractivity contribution is 5.36. The molecule has 0 unspecified atom stereocenters. The van der Waals surface area contributed by atoms with Crippen molar-refractivity contribution in [2.75, 3.05) is 7.11 Å². The zero-order chi connectivity index (χ0) is 11.5. The summed E-state index contributed by atoms with van der Waals surface area (Å²) >= 11 is 0. The molecule has 0 aliphatic heterocycles. The van der Waals surface area contributed by atoms with Gasteiger partial charge in [-0.3, -0.25) is 0 Å². The van der Waals surface area contributed by atoms with E-state index in [1.54, 1.807) is 13.2 Å². The van der Waals surface area contributed by atoms with Gasteiger partial charge in [0.05, 0.1) is 7.11 Å². The van der Waals surface area contributed by atoms with Crippen LogP contribution in [0.15, 0.2) is 18.2 Å². The normalized spacial score (nSPS) is 18.7. The number of benzene rings is 1. The van der Waals surface area contributed by atoms with Crippen molar-refractivity contribution in [3.05, 3.63) is 29.6 Å². The van der Waals surface area contributed by atoms with E-state index < -0.39 is 0 Å². The highest BCUT2D eigenvalue weighted by Crippen LogP contribution is 2.37. The molecule has 0 bridgehead atoms. The first-order valence-electron chi connectivity index (χ1n) is 5.81. The lowest BCUT2D eigenvalue weighted by molar-refractivity contribution is 0.382. The number of nitrogens with two attached hydrogens (primary N) is 1. The van der Waals surface area contributed by atoms with Crippen LogP contribution in [0.4, 0.5) is 4.39 Å². The molecule has 0 heterocycles. The largest absolute Gasteiger partial charge is 0.496 e. The van der Waals surface area contributed by atoms with E-state index in [1.165, 1.54) is 37.8 Å². The molecule has 1 saturated carbocycles. The van der Waals surface area contributed by atoms with Gasteiger partial charge in [0.15, 0.2) is 0 Å². The van der Waals surface area contributed by atoms with Crippen LogP contribution in [-0.4, -0.2) is 7.11 Å². The monoisotopic (exact) mass is 223 g/mol. The summed E-state index contributed by atoms with van der Waals surface area (Å²) in [6.45, 7) is 0. The lowest BCUT2D eigenvalue weighted by atomic mass is 9.92. The molecule has 0 saturated heterocycles. The summed E-state index contributed by atoms with van der Waals surface area (Å²) in [4.78, 5) is 0. The lowest BCUT2D eigenvalue weighted by Gasteiger charge is -2.21. The molecule has 0 amide bonds. The molecule has 16 heavy (non-hydrogen) atoms. The Morgan fingerprint density at radius 1 is 1.38 bits per heavy atom. The third-order valence-corrected chi connectivity index (χ3v) is 3.46. The van der Waals surface area contributed by atoms with Crippen molar-refractivity contribution in [3.63, 3.8) is 0 Å². The highest BCUT2D eigenvalue weighted by Gasteiger charge is 2.25. The summed E-state index contributed by atoms with van der Waals surface area (Å²) < 4.78 is 18.2. The maximum Gasteiger partial charge on any atom is 0.126 e. The molecule has 1 aliphatic rings. The van der Waals surface area contributed by atoms with Crippen molar-refractivity contribution in [1.82, 2.24) is 0 Å². The van der Waals surface area contributed by atoms with Crippen LogP contribution in [0, 0.1) is 11.7 Å². The number of hydrogen-bond donors (Lipinski definition) is 1. The molecular weight excluding hydrogens is 205 g/mol. The van der Waals surface area contributed by atoms with E-state index >= 15 is 0 Å². The molecule has 0 aromatic heterocycles. The first-order valence-corrected chi connectivity index (χ1v) is 5.81. The standard InChI is InChI=1S/C13H18FNO/c1-16-12-8-10(14)6-7-11(12)13(15)9-4-2-3-5-9/h6-9,13H,2-5,15H2,1H3/t13-/m0/s1. The zero-order valence-electron chi connectivity index (χ0n) is 9.58. The summed E-state index contributed by atoms with van der Waals surface area (Å²) in [6, 6.07) is 4.58. The smallest absolute Gasteiger partial charge is 0.126 e. The Labute approximate surface area is 95.6 Å². The minimum atomic E-state index is -0.278. The summed E-state index contributed by atoms with van der Waals surface area (Å²) in [5.41, 5.74) is 7.15. The van der Waals surface area contributed by atoms with Gasteiger partial charge in [0.1, 0.15) is 11.6 Å². The summed E-state index contributed by atoms with van der Waals surface area (Å²) in [7, 11) is 1.56. The van der Waals surface area contributed by atoms with Crippen molar-refractivity contribution in [1.29, 1.82) is 0 Å². The van der Waals surface area contributed by atoms with Crippen LogP contribution in [-0.2, 0) is 0 Å². The van der Waals surface area contributed by atoms with Gasteiger partial charge in [0.25, 0.3) is 0 Å². The predicted octanol–water partition coefficient (Wildman–Crippen LogP) is 3.02. The second-order valence-electron chi connectivity index (χ2n) is 4.46. The van der Waals surface area contributed by atoms with Crippen LogP contribution < -0.4 is 10.5 Å². The molecule has 0 spiro atoms. The average molecular weight is 223 g/mol. The van der Waals surface area contributed by atoms with E-state index in [9.17, 15) is 4.39 Å². The SMILES string of the molecule is COc1cc(F)ccc1[C@@H](N)C1CCCC1. The Balaban J connectivity index is 2.24. The van der Waals surface area contributed by atoms with Gasteiger partial charge in [-0.15, -0.1) is 0 Å². The molecule has 1 aliphatic carbocycles.